The maximum atomic E-state index is 14.2. The molecule has 0 saturated heterocycles. The van der Waals surface area contributed by atoms with E-state index in [-0.39, 0.29) is 18.9 Å². The van der Waals surface area contributed by atoms with Crippen molar-refractivity contribution in [3.05, 3.63) is 53.4 Å². The quantitative estimate of drug-likeness (QED) is 0.270. The van der Waals surface area contributed by atoms with Crippen molar-refractivity contribution in [2.24, 2.45) is 0 Å². The third-order valence-corrected chi connectivity index (χ3v) is 6.83. The van der Waals surface area contributed by atoms with Crippen LogP contribution in [0.4, 0.5) is 0 Å². The van der Waals surface area contributed by atoms with Crippen LogP contribution >= 0.6 is 7.60 Å². The maximum Gasteiger partial charge on any atom is 0.358 e. The summed E-state index contributed by atoms with van der Waals surface area (Å²) in [5.74, 6) is -2.49. The van der Waals surface area contributed by atoms with Crippen LogP contribution in [-0.2, 0) is 32.7 Å². The zero-order chi connectivity index (χ0) is 23.9. The molecule has 1 heterocycles. The Hall–Kier alpha value is -2.41. The standard InChI is InChI=1S/C23H32NO7P/c1-7-28-21(25)15-20(23(26)29-8-2)24-14-13-18-11-9-10-12-19(18)22(24)32(27,30-16(3)4)31-17(5)6/h9-17,22H,7-8H2,1-6H3/b20-15+. The summed E-state index contributed by atoms with van der Waals surface area (Å²) in [4.78, 5) is 26.6. The lowest BCUT2D eigenvalue weighted by Gasteiger charge is -2.39. The highest BCUT2D eigenvalue weighted by Crippen LogP contribution is 2.65. The lowest BCUT2D eigenvalue weighted by molar-refractivity contribution is -0.142. The summed E-state index contributed by atoms with van der Waals surface area (Å²) in [5, 5.41) is 0. The highest BCUT2D eigenvalue weighted by molar-refractivity contribution is 7.54. The van der Waals surface area contributed by atoms with Gasteiger partial charge < -0.3 is 23.4 Å². The molecular weight excluding hydrogens is 433 g/mol. The van der Waals surface area contributed by atoms with E-state index in [4.69, 9.17) is 18.5 Å². The molecule has 1 atom stereocenters. The first-order valence-electron chi connectivity index (χ1n) is 10.7. The van der Waals surface area contributed by atoms with Gasteiger partial charge in [-0.2, -0.15) is 0 Å². The zero-order valence-electron chi connectivity index (χ0n) is 19.4. The van der Waals surface area contributed by atoms with Crippen LogP contribution < -0.4 is 0 Å². The van der Waals surface area contributed by atoms with Crippen LogP contribution in [0.5, 0.6) is 0 Å². The molecule has 0 aliphatic carbocycles. The van der Waals surface area contributed by atoms with Gasteiger partial charge in [0.15, 0.2) is 5.78 Å². The average molecular weight is 465 g/mol. The smallest absolute Gasteiger partial charge is 0.358 e. The number of benzene rings is 1. The van der Waals surface area contributed by atoms with Gasteiger partial charge in [-0.25, -0.2) is 9.59 Å². The van der Waals surface area contributed by atoms with E-state index < -0.39 is 37.5 Å². The number of fused-ring (bicyclic) bond motifs is 1. The normalized spacial score (nSPS) is 16.3. The van der Waals surface area contributed by atoms with Crippen LogP contribution in [0.3, 0.4) is 0 Å². The Bertz CT molecular complexity index is 909. The minimum atomic E-state index is -3.89. The second-order valence-corrected chi connectivity index (χ2v) is 9.57. The highest BCUT2D eigenvalue weighted by Gasteiger charge is 2.46. The van der Waals surface area contributed by atoms with Crippen molar-refractivity contribution >= 4 is 25.6 Å². The van der Waals surface area contributed by atoms with E-state index in [0.717, 1.165) is 11.6 Å². The molecule has 0 aromatic heterocycles. The molecule has 2 rings (SSSR count). The number of esters is 2. The number of hydrogen-bond acceptors (Lipinski definition) is 8. The maximum absolute atomic E-state index is 14.2. The summed E-state index contributed by atoms with van der Waals surface area (Å²) in [7, 11) is -3.89. The number of carbonyl (C=O) groups is 2. The van der Waals surface area contributed by atoms with E-state index in [1.54, 1.807) is 66.0 Å². The van der Waals surface area contributed by atoms with Gasteiger partial charge in [0.2, 0.25) is 0 Å². The third-order valence-electron chi connectivity index (χ3n) is 4.27. The summed E-state index contributed by atoms with van der Waals surface area (Å²) in [5.41, 5.74) is 1.31. The van der Waals surface area contributed by atoms with Crippen molar-refractivity contribution in [3.8, 4) is 0 Å². The van der Waals surface area contributed by atoms with Crippen molar-refractivity contribution in [2.45, 2.75) is 59.5 Å². The molecule has 0 fully saturated rings. The lowest BCUT2D eigenvalue weighted by atomic mass is 10.0. The monoisotopic (exact) mass is 465 g/mol. The molecule has 0 saturated carbocycles. The first kappa shape index (κ1) is 25.8. The van der Waals surface area contributed by atoms with Crippen molar-refractivity contribution in [2.75, 3.05) is 13.2 Å². The van der Waals surface area contributed by atoms with Crippen molar-refractivity contribution in [3.63, 3.8) is 0 Å². The minimum Gasteiger partial charge on any atom is -0.463 e. The minimum absolute atomic E-state index is 0.0977. The van der Waals surface area contributed by atoms with Crippen LogP contribution in [0.25, 0.3) is 6.08 Å². The average Bonchev–Trinajstić information content (AvgIpc) is 2.70. The van der Waals surface area contributed by atoms with Crippen molar-refractivity contribution in [1.29, 1.82) is 0 Å². The van der Waals surface area contributed by atoms with E-state index in [2.05, 4.69) is 0 Å². The summed E-state index contributed by atoms with van der Waals surface area (Å²) in [6, 6.07) is 7.32. The summed E-state index contributed by atoms with van der Waals surface area (Å²) in [6.45, 7) is 10.6. The molecule has 9 heteroatoms. The molecule has 32 heavy (non-hydrogen) atoms. The second-order valence-electron chi connectivity index (χ2n) is 7.58. The van der Waals surface area contributed by atoms with Crippen molar-refractivity contribution < 1.29 is 32.7 Å². The van der Waals surface area contributed by atoms with E-state index >= 15 is 0 Å². The molecule has 0 radical (unpaired) electrons. The van der Waals surface area contributed by atoms with Gasteiger partial charge in [-0.3, -0.25) is 4.57 Å². The number of ether oxygens (including phenoxy) is 2. The van der Waals surface area contributed by atoms with E-state index in [1.807, 2.05) is 12.1 Å². The van der Waals surface area contributed by atoms with Gasteiger partial charge in [-0.1, -0.05) is 24.3 Å². The Morgan fingerprint density at radius 1 is 1.03 bits per heavy atom. The molecule has 0 spiro atoms. The fourth-order valence-electron chi connectivity index (χ4n) is 3.29. The van der Waals surface area contributed by atoms with Gasteiger partial charge in [0, 0.05) is 6.20 Å². The number of rotatable bonds is 10. The molecular formula is C23H32NO7P. The largest absolute Gasteiger partial charge is 0.463 e. The van der Waals surface area contributed by atoms with Gasteiger partial charge in [0.05, 0.1) is 31.5 Å². The third kappa shape index (κ3) is 6.31. The van der Waals surface area contributed by atoms with Gasteiger partial charge in [-0.15, -0.1) is 0 Å². The van der Waals surface area contributed by atoms with E-state index in [1.165, 1.54) is 4.90 Å². The van der Waals surface area contributed by atoms with E-state index in [9.17, 15) is 14.2 Å². The Morgan fingerprint density at radius 2 is 1.62 bits per heavy atom. The van der Waals surface area contributed by atoms with Crippen LogP contribution in [0.15, 0.2) is 42.2 Å². The molecule has 0 N–H and O–H groups in total. The summed E-state index contributed by atoms with van der Waals surface area (Å²) in [6.07, 6.45) is 3.55. The number of hydrogen-bond donors (Lipinski definition) is 0. The van der Waals surface area contributed by atoms with Gasteiger partial charge >= 0.3 is 19.5 Å². The number of nitrogens with zero attached hydrogens (tertiary/aromatic N) is 1. The van der Waals surface area contributed by atoms with Crippen LogP contribution in [0.1, 0.15) is 58.5 Å². The molecule has 1 aliphatic heterocycles. The van der Waals surface area contributed by atoms with Crippen molar-refractivity contribution in [1.82, 2.24) is 4.90 Å². The number of carbonyl (C=O) groups excluding carboxylic acids is 2. The van der Waals surface area contributed by atoms with Gasteiger partial charge in [-0.05, 0) is 58.7 Å². The summed E-state index contributed by atoms with van der Waals surface area (Å²) >= 11 is 0. The topological polar surface area (TPSA) is 91.4 Å². The SMILES string of the molecule is CCOC(=O)/C=C(\C(=O)OCC)N1C=Cc2ccccc2C1P(=O)(OC(C)C)OC(C)C. The highest BCUT2D eigenvalue weighted by atomic mass is 31.2. The predicted octanol–water partition coefficient (Wildman–Crippen LogP) is 5.02. The van der Waals surface area contributed by atoms with Gasteiger partial charge in [0.25, 0.3) is 0 Å². The first-order chi connectivity index (χ1) is 15.1. The van der Waals surface area contributed by atoms with E-state index in [0.29, 0.717) is 5.56 Å². The Kier molecular flexibility index (Phi) is 9.25. The Labute approximate surface area is 189 Å². The zero-order valence-corrected chi connectivity index (χ0v) is 20.3. The van der Waals surface area contributed by atoms with Crippen LogP contribution in [0.2, 0.25) is 0 Å². The molecule has 8 nitrogen and oxygen atoms in total. The molecule has 1 aromatic carbocycles. The molecule has 1 unspecified atom stereocenters. The molecule has 176 valence electrons. The molecule has 1 aliphatic rings. The van der Waals surface area contributed by atoms with Crippen LogP contribution in [-0.4, -0.2) is 42.3 Å². The second kappa shape index (κ2) is 11.5. The predicted molar refractivity (Wildman–Crippen MR) is 121 cm³/mol. The summed E-state index contributed by atoms with van der Waals surface area (Å²) < 4.78 is 36.2. The fourth-order valence-corrected chi connectivity index (χ4v) is 5.83. The Morgan fingerprint density at radius 3 is 2.19 bits per heavy atom. The molecule has 0 amide bonds. The van der Waals surface area contributed by atoms with Gasteiger partial charge in [0.1, 0.15) is 5.70 Å². The molecule has 1 aromatic rings. The van der Waals surface area contributed by atoms with Crippen LogP contribution in [0, 0.1) is 0 Å². The fraction of sp³-hybridized carbons (Fsp3) is 0.478. The lowest BCUT2D eigenvalue weighted by Crippen LogP contribution is -2.33. The molecule has 0 bridgehead atoms. The first-order valence-corrected chi connectivity index (χ1v) is 12.3. The Balaban J connectivity index is 2.72.